The van der Waals surface area contributed by atoms with E-state index in [4.69, 9.17) is 5.11 Å². The van der Waals surface area contributed by atoms with E-state index in [1.54, 1.807) is 0 Å². The highest BCUT2D eigenvalue weighted by Crippen LogP contribution is 1.86. The largest absolute Gasteiger partial charge is 0.480 e. The normalized spacial score (nSPS) is 10.6. The Labute approximate surface area is 110 Å². The molecule has 19 heavy (non-hydrogen) atoms. The predicted molar refractivity (Wildman–Crippen MR) is 66.4 cm³/mol. The molecule has 0 aliphatic rings. The molecule has 0 unspecified atom stereocenters. The van der Waals surface area contributed by atoms with E-state index in [0.29, 0.717) is 0 Å². The van der Waals surface area contributed by atoms with Gasteiger partial charge in [-0.05, 0) is 0 Å². The fraction of sp³-hybridized carbons (Fsp3) is 0.667. The highest BCUT2D eigenvalue weighted by atomic mass is 32.2. The van der Waals surface area contributed by atoms with E-state index in [1.165, 1.54) is 6.92 Å². The number of amides is 3. The number of hydrogen-bond acceptors (Lipinski definition) is 5. The van der Waals surface area contributed by atoms with Gasteiger partial charge in [0.2, 0.25) is 5.91 Å². The van der Waals surface area contributed by atoms with Gasteiger partial charge in [0.25, 0.3) is 0 Å². The van der Waals surface area contributed by atoms with Gasteiger partial charge >= 0.3 is 12.0 Å². The third-order valence-corrected chi connectivity index (χ3v) is 3.69. The molecule has 0 saturated carbocycles. The Balaban J connectivity index is 3.76. The van der Waals surface area contributed by atoms with E-state index in [0.717, 1.165) is 0 Å². The number of hydrogen-bond donors (Lipinski definition) is 4. The molecule has 0 aliphatic heterocycles. The van der Waals surface area contributed by atoms with Crippen molar-refractivity contribution in [3.63, 3.8) is 0 Å². The van der Waals surface area contributed by atoms with Crippen molar-refractivity contribution in [3.8, 4) is 0 Å². The molecule has 0 fully saturated rings. The van der Waals surface area contributed by atoms with Crippen molar-refractivity contribution in [2.24, 2.45) is 0 Å². The molecule has 0 rings (SSSR count). The third kappa shape index (κ3) is 9.83. The molecule has 110 valence electrons. The van der Waals surface area contributed by atoms with E-state index in [1.807, 2.05) is 0 Å². The van der Waals surface area contributed by atoms with E-state index in [-0.39, 0.29) is 24.6 Å². The second-order valence-electron chi connectivity index (χ2n) is 3.52. The summed E-state index contributed by atoms with van der Waals surface area (Å²) in [5, 5.41) is 14.8. The topological polar surface area (TPSA) is 142 Å². The molecule has 0 atom stereocenters. The average Bonchev–Trinajstić information content (AvgIpc) is 2.33. The summed E-state index contributed by atoms with van der Waals surface area (Å²) in [6.45, 7) is 0.525. The molecule has 0 bridgehead atoms. The summed E-state index contributed by atoms with van der Waals surface area (Å²) in [5.41, 5.74) is 0. The van der Waals surface area contributed by atoms with Crippen molar-refractivity contribution in [2.45, 2.75) is 6.92 Å². The van der Waals surface area contributed by atoms with Crippen LogP contribution in [0.3, 0.4) is 0 Å². The Morgan fingerprint density at radius 2 is 1.68 bits per heavy atom. The lowest BCUT2D eigenvalue weighted by molar-refractivity contribution is -0.137. The Hall–Kier alpha value is -1.84. The number of carboxylic acid groups (broad SMARTS) is 1. The zero-order chi connectivity index (χ0) is 14.9. The first-order valence-corrected chi connectivity index (χ1v) is 7.29. The van der Waals surface area contributed by atoms with Gasteiger partial charge in [-0.15, -0.1) is 0 Å². The quantitative estimate of drug-likeness (QED) is 0.405. The maximum atomic E-state index is 11.1. The molecule has 0 aromatic heterocycles. The summed E-state index contributed by atoms with van der Waals surface area (Å²) in [6, 6.07) is -0.697. The van der Waals surface area contributed by atoms with Crippen LogP contribution in [0.1, 0.15) is 6.92 Å². The van der Waals surface area contributed by atoms with Crippen molar-refractivity contribution in [1.82, 2.24) is 16.0 Å². The van der Waals surface area contributed by atoms with Crippen LogP contribution in [0.15, 0.2) is 0 Å². The second kappa shape index (κ2) is 8.29. The van der Waals surface area contributed by atoms with Crippen LogP contribution in [-0.4, -0.2) is 62.6 Å². The molecule has 0 aromatic rings. The molecule has 0 heterocycles. The molecule has 3 amide bonds. The number of aliphatic carboxylic acids is 1. The lowest BCUT2D eigenvalue weighted by Gasteiger charge is -2.07. The number of urea groups is 1. The van der Waals surface area contributed by atoms with Crippen LogP contribution in [0.2, 0.25) is 0 Å². The molecular weight excluding hydrogens is 278 g/mol. The number of carbonyl (C=O) groups is 3. The van der Waals surface area contributed by atoms with Gasteiger partial charge in [-0.2, -0.15) is 0 Å². The summed E-state index contributed by atoms with van der Waals surface area (Å²) >= 11 is 0. The second-order valence-corrected chi connectivity index (χ2v) is 5.99. The fourth-order valence-corrected chi connectivity index (χ4v) is 1.63. The lowest BCUT2D eigenvalue weighted by atomic mass is 10.5. The molecule has 10 heteroatoms. The Kier molecular flexibility index (Phi) is 7.49. The zero-order valence-corrected chi connectivity index (χ0v) is 11.2. The molecule has 9 nitrogen and oxygen atoms in total. The Morgan fingerprint density at radius 3 is 2.21 bits per heavy atom. The molecule has 4 N–H and O–H groups in total. The summed E-state index contributed by atoms with van der Waals surface area (Å²) < 4.78 is 22.2. The molecule has 0 aromatic carbocycles. The molecule has 0 radical (unpaired) electrons. The minimum Gasteiger partial charge on any atom is -0.480 e. The van der Waals surface area contributed by atoms with Gasteiger partial charge in [0, 0.05) is 12.3 Å². The minimum atomic E-state index is -3.15. The first kappa shape index (κ1) is 17.2. The van der Waals surface area contributed by atoms with Gasteiger partial charge in [0.1, 0.15) is 6.54 Å². The number of rotatable bonds is 8. The van der Waals surface area contributed by atoms with Crippen LogP contribution in [0.25, 0.3) is 0 Å². The first-order valence-electron chi connectivity index (χ1n) is 5.47. The summed E-state index contributed by atoms with van der Waals surface area (Å²) in [6.07, 6.45) is 0. The van der Waals surface area contributed by atoms with Crippen LogP contribution in [0.5, 0.6) is 0 Å². The van der Waals surface area contributed by atoms with E-state index >= 15 is 0 Å². The summed E-state index contributed by atoms with van der Waals surface area (Å²) in [4.78, 5) is 32.3. The SMILES string of the molecule is CCS(=O)(=O)CCNC(=O)NCC(=O)NCC(=O)O. The highest BCUT2D eigenvalue weighted by Gasteiger charge is 2.09. The monoisotopic (exact) mass is 295 g/mol. The average molecular weight is 295 g/mol. The van der Waals surface area contributed by atoms with Gasteiger partial charge < -0.3 is 21.1 Å². The van der Waals surface area contributed by atoms with Crippen molar-refractivity contribution in [1.29, 1.82) is 0 Å². The van der Waals surface area contributed by atoms with Crippen molar-refractivity contribution < 1.29 is 27.9 Å². The number of sulfone groups is 1. The summed E-state index contributed by atoms with van der Waals surface area (Å²) in [5.74, 6) is -2.03. The standard InChI is InChI=1S/C9H17N3O6S/c1-2-19(17,18)4-3-10-9(16)12-5-7(13)11-6-8(14)15/h2-6H2,1H3,(H,11,13)(H,14,15)(H2,10,12,16). The van der Waals surface area contributed by atoms with Gasteiger partial charge in [-0.1, -0.05) is 6.92 Å². The van der Waals surface area contributed by atoms with Crippen molar-refractivity contribution >= 4 is 27.7 Å². The fourth-order valence-electron chi connectivity index (χ4n) is 0.924. The predicted octanol–water partition coefficient (Wildman–Crippen LogP) is -2.08. The Bertz CT molecular complexity index is 433. The molecular formula is C9H17N3O6S. The lowest BCUT2D eigenvalue weighted by Crippen LogP contribution is -2.44. The van der Waals surface area contributed by atoms with Crippen LogP contribution in [0, 0.1) is 0 Å². The number of carbonyl (C=O) groups excluding carboxylic acids is 2. The molecule has 0 spiro atoms. The van der Waals surface area contributed by atoms with Crippen molar-refractivity contribution in [3.05, 3.63) is 0 Å². The van der Waals surface area contributed by atoms with Crippen LogP contribution >= 0.6 is 0 Å². The minimum absolute atomic E-state index is 0.00606. The molecule has 0 aliphatic carbocycles. The van der Waals surface area contributed by atoms with E-state index in [9.17, 15) is 22.8 Å². The smallest absolute Gasteiger partial charge is 0.322 e. The number of carboxylic acids is 1. The van der Waals surface area contributed by atoms with Gasteiger partial charge in [-0.3, -0.25) is 9.59 Å². The van der Waals surface area contributed by atoms with Crippen molar-refractivity contribution in [2.75, 3.05) is 31.1 Å². The van der Waals surface area contributed by atoms with Crippen LogP contribution < -0.4 is 16.0 Å². The first-order chi connectivity index (χ1) is 8.76. The Morgan fingerprint density at radius 1 is 1.05 bits per heavy atom. The van der Waals surface area contributed by atoms with Crippen LogP contribution in [0.4, 0.5) is 4.79 Å². The maximum absolute atomic E-state index is 11.1. The third-order valence-electron chi connectivity index (χ3n) is 1.98. The highest BCUT2D eigenvalue weighted by molar-refractivity contribution is 7.91. The summed E-state index contributed by atoms with van der Waals surface area (Å²) in [7, 11) is -3.15. The van der Waals surface area contributed by atoms with Gasteiger partial charge in [-0.25, -0.2) is 13.2 Å². The van der Waals surface area contributed by atoms with E-state index in [2.05, 4.69) is 16.0 Å². The zero-order valence-electron chi connectivity index (χ0n) is 10.4. The van der Waals surface area contributed by atoms with Gasteiger partial charge in [0.05, 0.1) is 12.3 Å². The molecule has 0 saturated heterocycles. The van der Waals surface area contributed by atoms with E-state index < -0.39 is 34.3 Å². The number of nitrogens with one attached hydrogen (secondary N) is 3. The van der Waals surface area contributed by atoms with Crippen LogP contribution in [-0.2, 0) is 19.4 Å². The van der Waals surface area contributed by atoms with Gasteiger partial charge in [0.15, 0.2) is 9.84 Å². The maximum Gasteiger partial charge on any atom is 0.322 e.